The van der Waals surface area contributed by atoms with E-state index in [1.165, 1.54) is 6.42 Å². The van der Waals surface area contributed by atoms with Crippen LogP contribution in [0.2, 0.25) is 0 Å². The van der Waals surface area contributed by atoms with Crippen molar-refractivity contribution < 1.29 is 4.74 Å². The van der Waals surface area contributed by atoms with E-state index in [4.69, 9.17) is 9.72 Å². The van der Waals surface area contributed by atoms with Crippen molar-refractivity contribution in [3.8, 4) is 0 Å². The second kappa shape index (κ2) is 5.75. The van der Waals surface area contributed by atoms with Crippen molar-refractivity contribution in [3.63, 3.8) is 0 Å². The summed E-state index contributed by atoms with van der Waals surface area (Å²) in [6.45, 7) is 7.20. The Labute approximate surface area is 123 Å². The molecule has 106 valence electrons. The van der Waals surface area contributed by atoms with Crippen molar-refractivity contribution in [2.45, 2.75) is 51.6 Å². The fourth-order valence-electron chi connectivity index (χ4n) is 2.35. The average Bonchev–Trinajstić information content (AvgIpc) is 2.32. The van der Waals surface area contributed by atoms with Crippen molar-refractivity contribution in [1.29, 1.82) is 0 Å². The molecule has 1 aliphatic carbocycles. The SMILES string of the molecule is CCNc1nc(C2(OC)CCC2)nc(C(C)C)c1Br. The lowest BCUT2D eigenvalue weighted by Crippen LogP contribution is -2.38. The van der Waals surface area contributed by atoms with E-state index in [9.17, 15) is 0 Å². The van der Waals surface area contributed by atoms with Gasteiger partial charge in [0.15, 0.2) is 5.82 Å². The fraction of sp³-hybridized carbons (Fsp3) is 0.714. The van der Waals surface area contributed by atoms with Crippen LogP contribution in [0.15, 0.2) is 4.47 Å². The third kappa shape index (κ3) is 2.63. The highest BCUT2D eigenvalue weighted by Gasteiger charge is 2.42. The summed E-state index contributed by atoms with van der Waals surface area (Å²) in [6.07, 6.45) is 3.20. The molecule has 0 unspecified atom stereocenters. The van der Waals surface area contributed by atoms with Gasteiger partial charge in [-0.2, -0.15) is 0 Å². The van der Waals surface area contributed by atoms with Crippen LogP contribution in [0.4, 0.5) is 5.82 Å². The third-order valence-electron chi connectivity index (χ3n) is 3.73. The topological polar surface area (TPSA) is 47.0 Å². The maximum absolute atomic E-state index is 5.70. The molecule has 1 aliphatic rings. The van der Waals surface area contributed by atoms with Gasteiger partial charge in [0.05, 0.1) is 10.2 Å². The molecule has 0 radical (unpaired) electrons. The molecule has 1 N–H and O–H groups in total. The molecular formula is C14H22BrN3O. The summed E-state index contributed by atoms with van der Waals surface area (Å²) >= 11 is 3.62. The van der Waals surface area contributed by atoms with E-state index in [-0.39, 0.29) is 5.60 Å². The number of rotatable bonds is 5. The zero-order valence-corrected chi connectivity index (χ0v) is 13.7. The summed E-state index contributed by atoms with van der Waals surface area (Å²) in [5.41, 5.74) is 0.776. The van der Waals surface area contributed by atoms with Crippen LogP contribution in [0, 0.1) is 0 Å². The lowest BCUT2D eigenvalue weighted by molar-refractivity contribution is -0.0847. The molecule has 1 saturated carbocycles. The van der Waals surface area contributed by atoms with Gasteiger partial charge in [-0.15, -0.1) is 0 Å². The Hall–Kier alpha value is -0.680. The molecule has 5 heteroatoms. The third-order valence-corrected chi connectivity index (χ3v) is 4.51. The fourth-order valence-corrected chi connectivity index (χ4v) is 3.13. The summed E-state index contributed by atoms with van der Waals surface area (Å²) in [4.78, 5) is 9.43. The number of hydrogen-bond acceptors (Lipinski definition) is 4. The molecule has 1 heterocycles. The summed E-state index contributed by atoms with van der Waals surface area (Å²) in [5.74, 6) is 2.05. The van der Waals surface area contributed by atoms with Crippen LogP contribution in [0.3, 0.4) is 0 Å². The number of methoxy groups -OCH3 is 1. The van der Waals surface area contributed by atoms with E-state index in [2.05, 4.69) is 47.0 Å². The first kappa shape index (κ1) is 14.7. The molecular weight excluding hydrogens is 306 g/mol. The first-order valence-electron chi connectivity index (χ1n) is 6.91. The summed E-state index contributed by atoms with van der Waals surface area (Å²) in [6, 6.07) is 0. The number of anilines is 1. The molecule has 0 spiro atoms. The molecule has 4 nitrogen and oxygen atoms in total. The molecule has 2 rings (SSSR count). The lowest BCUT2D eigenvalue weighted by atomic mass is 9.79. The van der Waals surface area contributed by atoms with Crippen molar-refractivity contribution >= 4 is 21.7 Å². The number of halogens is 1. The summed E-state index contributed by atoms with van der Waals surface area (Å²) in [7, 11) is 1.76. The van der Waals surface area contributed by atoms with Crippen molar-refractivity contribution in [2.75, 3.05) is 19.0 Å². The molecule has 0 aromatic carbocycles. The molecule has 1 fully saturated rings. The molecule has 0 atom stereocenters. The highest BCUT2D eigenvalue weighted by Crippen LogP contribution is 2.44. The van der Waals surface area contributed by atoms with E-state index in [0.29, 0.717) is 5.92 Å². The van der Waals surface area contributed by atoms with Gasteiger partial charge in [0.1, 0.15) is 11.4 Å². The zero-order chi connectivity index (χ0) is 14.0. The Kier molecular flexibility index (Phi) is 4.46. The minimum absolute atomic E-state index is 0.269. The van der Waals surface area contributed by atoms with Crippen molar-refractivity contribution in [2.24, 2.45) is 0 Å². The van der Waals surface area contributed by atoms with Gasteiger partial charge in [-0.3, -0.25) is 0 Å². The van der Waals surface area contributed by atoms with Crippen LogP contribution in [0.5, 0.6) is 0 Å². The van der Waals surface area contributed by atoms with Gasteiger partial charge in [-0.05, 0) is 48.0 Å². The smallest absolute Gasteiger partial charge is 0.162 e. The Morgan fingerprint density at radius 3 is 2.47 bits per heavy atom. The minimum Gasteiger partial charge on any atom is -0.370 e. The van der Waals surface area contributed by atoms with Gasteiger partial charge < -0.3 is 10.1 Å². The van der Waals surface area contributed by atoms with Crippen LogP contribution < -0.4 is 5.32 Å². The predicted molar refractivity (Wildman–Crippen MR) is 80.5 cm³/mol. The Morgan fingerprint density at radius 2 is 2.05 bits per heavy atom. The van der Waals surface area contributed by atoms with Crippen LogP contribution in [-0.4, -0.2) is 23.6 Å². The van der Waals surface area contributed by atoms with Gasteiger partial charge in [-0.1, -0.05) is 13.8 Å². The Bertz CT molecular complexity index is 453. The van der Waals surface area contributed by atoms with Crippen LogP contribution in [0.1, 0.15) is 57.5 Å². The Morgan fingerprint density at radius 1 is 1.37 bits per heavy atom. The Balaban J connectivity index is 2.49. The first-order chi connectivity index (χ1) is 9.04. The van der Waals surface area contributed by atoms with Gasteiger partial charge >= 0.3 is 0 Å². The normalized spacial score (nSPS) is 17.4. The largest absolute Gasteiger partial charge is 0.370 e. The minimum atomic E-state index is -0.269. The van der Waals surface area contributed by atoms with E-state index < -0.39 is 0 Å². The molecule has 0 saturated heterocycles. The number of nitrogens with zero attached hydrogens (tertiary/aromatic N) is 2. The second-order valence-electron chi connectivity index (χ2n) is 5.33. The highest BCUT2D eigenvalue weighted by atomic mass is 79.9. The van der Waals surface area contributed by atoms with Crippen molar-refractivity contribution in [3.05, 3.63) is 16.0 Å². The maximum Gasteiger partial charge on any atom is 0.162 e. The molecule has 1 aromatic rings. The molecule has 0 amide bonds. The molecule has 0 bridgehead atoms. The van der Waals surface area contributed by atoms with Gasteiger partial charge in [0.2, 0.25) is 0 Å². The van der Waals surface area contributed by atoms with Crippen LogP contribution in [0.25, 0.3) is 0 Å². The van der Waals surface area contributed by atoms with E-state index in [0.717, 1.165) is 41.2 Å². The molecule has 1 aromatic heterocycles. The number of ether oxygens (including phenoxy) is 1. The summed E-state index contributed by atoms with van der Waals surface area (Å²) in [5, 5.41) is 3.30. The first-order valence-corrected chi connectivity index (χ1v) is 7.70. The van der Waals surface area contributed by atoms with Gasteiger partial charge in [0.25, 0.3) is 0 Å². The maximum atomic E-state index is 5.70. The lowest BCUT2D eigenvalue weighted by Gasteiger charge is -2.39. The summed E-state index contributed by atoms with van der Waals surface area (Å²) < 4.78 is 6.67. The van der Waals surface area contributed by atoms with Gasteiger partial charge in [-0.25, -0.2) is 9.97 Å². The highest BCUT2D eigenvalue weighted by molar-refractivity contribution is 9.10. The molecule has 0 aliphatic heterocycles. The monoisotopic (exact) mass is 327 g/mol. The number of nitrogens with one attached hydrogen (secondary N) is 1. The zero-order valence-electron chi connectivity index (χ0n) is 12.1. The van der Waals surface area contributed by atoms with Crippen LogP contribution >= 0.6 is 15.9 Å². The average molecular weight is 328 g/mol. The predicted octanol–water partition coefficient (Wildman–Crippen LogP) is 3.82. The standard InChI is InChI=1S/C14H22BrN3O/c1-5-16-12-10(15)11(9(2)3)17-13(18-12)14(19-4)7-6-8-14/h9H,5-8H2,1-4H3,(H,16,17,18). The van der Waals surface area contributed by atoms with E-state index >= 15 is 0 Å². The van der Waals surface area contributed by atoms with E-state index in [1.807, 2.05) is 0 Å². The number of aromatic nitrogens is 2. The molecule has 19 heavy (non-hydrogen) atoms. The van der Waals surface area contributed by atoms with Crippen molar-refractivity contribution in [1.82, 2.24) is 9.97 Å². The number of hydrogen-bond donors (Lipinski definition) is 1. The van der Waals surface area contributed by atoms with E-state index in [1.54, 1.807) is 7.11 Å². The quantitative estimate of drug-likeness (QED) is 0.893. The van der Waals surface area contributed by atoms with Crippen LogP contribution in [-0.2, 0) is 10.3 Å². The second-order valence-corrected chi connectivity index (χ2v) is 6.13. The van der Waals surface area contributed by atoms with Gasteiger partial charge in [0, 0.05) is 13.7 Å².